The molecule has 0 unspecified atom stereocenters. The zero-order valence-corrected chi connectivity index (χ0v) is 14.0. The van der Waals surface area contributed by atoms with E-state index in [9.17, 15) is 27.3 Å². The van der Waals surface area contributed by atoms with Crippen molar-refractivity contribution < 1.29 is 26.9 Å². The fourth-order valence-electron chi connectivity index (χ4n) is 2.14. The molecule has 0 saturated heterocycles. The summed E-state index contributed by atoms with van der Waals surface area (Å²) in [5.74, 6) is -0.360. The standard InChI is InChI=1S/C15H14F2N2O5S/c1-9-7-11(19(20)21)8-14(10(9)2)25(22,23)18-12-5-3-4-6-13(12)24-15(16)17/h3-8,15,18H,1-2H3. The molecule has 1 N–H and O–H groups in total. The molecule has 0 amide bonds. The lowest BCUT2D eigenvalue weighted by Gasteiger charge is -2.15. The van der Waals surface area contributed by atoms with Crippen molar-refractivity contribution in [1.29, 1.82) is 0 Å². The molecule has 0 bridgehead atoms. The van der Waals surface area contributed by atoms with Gasteiger partial charge < -0.3 is 4.74 Å². The molecule has 0 heterocycles. The molecule has 2 aromatic rings. The molecule has 0 fully saturated rings. The Morgan fingerprint density at radius 1 is 1.20 bits per heavy atom. The van der Waals surface area contributed by atoms with Crippen LogP contribution in [0.1, 0.15) is 11.1 Å². The van der Waals surface area contributed by atoms with E-state index in [4.69, 9.17) is 0 Å². The first-order valence-electron chi connectivity index (χ1n) is 6.94. The third-order valence-electron chi connectivity index (χ3n) is 3.45. The molecule has 10 heteroatoms. The number of alkyl halides is 2. The van der Waals surface area contributed by atoms with Crippen LogP contribution in [0.5, 0.6) is 5.75 Å². The maximum absolute atomic E-state index is 12.6. The number of non-ortho nitro benzene ring substituents is 1. The third kappa shape index (κ3) is 4.21. The van der Waals surface area contributed by atoms with Crippen molar-refractivity contribution in [3.05, 3.63) is 57.6 Å². The average molecular weight is 372 g/mol. The van der Waals surface area contributed by atoms with Gasteiger partial charge in [-0.05, 0) is 37.1 Å². The lowest BCUT2D eigenvalue weighted by atomic mass is 10.1. The molecule has 0 spiro atoms. The Hall–Kier alpha value is -2.75. The second kappa shape index (κ2) is 7.01. The van der Waals surface area contributed by atoms with E-state index < -0.39 is 21.6 Å². The number of nitrogens with one attached hydrogen (secondary N) is 1. The number of hydrogen-bond acceptors (Lipinski definition) is 5. The van der Waals surface area contributed by atoms with Gasteiger partial charge in [-0.1, -0.05) is 12.1 Å². The molecule has 2 rings (SSSR count). The van der Waals surface area contributed by atoms with Crippen LogP contribution >= 0.6 is 0 Å². The van der Waals surface area contributed by atoms with Crippen molar-refractivity contribution >= 4 is 21.4 Å². The molecular formula is C15H14F2N2O5S. The van der Waals surface area contributed by atoms with E-state index >= 15 is 0 Å². The highest BCUT2D eigenvalue weighted by atomic mass is 32.2. The first-order chi connectivity index (χ1) is 11.6. The summed E-state index contributed by atoms with van der Waals surface area (Å²) in [5, 5.41) is 11.0. The number of hydrogen-bond donors (Lipinski definition) is 1. The number of nitro benzene ring substituents is 1. The summed E-state index contributed by atoms with van der Waals surface area (Å²) >= 11 is 0. The monoisotopic (exact) mass is 372 g/mol. The number of ether oxygens (including phenoxy) is 1. The zero-order valence-electron chi connectivity index (χ0n) is 13.2. The normalized spacial score (nSPS) is 11.4. The Kier molecular flexibility index (Phi) is 5.21. The van der Waals surface area contributed by atoms with Crippen LogP contribution in [-0.2, 0) is 10.0 Å². The average Bonchev–Trinajstić information content (AvgIpc) is 2.50. The number of benzene rings is 2. The Balaban J connectivity index is 2.49. The number of aryl methyl sites for hydroxylation is 1. The van der Waals surface area contributed by atoms with Crippen LogP contribution in [0.4, 0.5) is 20.2 Å². The third-order valence-corrected chi connectivity index (χ3v) is 4.94. The maximum Gasteiger partial charge on any atom is 0.387 e. The van der Waals surface area contributed by atoms with Crippen molar-refractivity contribution in [2.75, 3.05) is 4.72 Å². The van der Waals surface area contributed by atoms with E-state index in [1.807, 2.05) is 0 Å². The van der Waals surface area contributed by atoms with E-state index in [1.54, 1.807) is 0 Å². The van der Waals surface area contributed by atoms with Crippen molar-refractivity contribution in [3.63, 3.8) is 0 Å². The van der Waals surface area contributed by atoms with Crippen LogP contribution in [-0.4, -0.2) is 20.0 Å². The molecule has 0 aliphatic rings. The predicted octanol–water partition coefficient (Wildman–Crippen LogP) is 3.61. The lowest BCUT2D eigenvalue weighted by molar-refractivity contribution is -0.385. The van der Waals surface area contributed by atoms with Gasteiger partial charge in [0.1, 0.15) is 5.75 Å². The van der Waals surface area contributed by atoms with E-state index in [1.165, 1.54) is 44.2 Å². The Bertz CT molecular complexity index is 916. The van der Waals surface area contributed by atoms with Crippen LogP contribution in [0.2, 0.25) is 0 Å². The van der Waals surface area contributed by atoms with Crippen LogP contribution < -0.4 is 9.46 Å². The first-order valence-corrected chi connectivity index (χ1v) is 8.42. The van der Waals surface area contributed by atoms with Gasteiger partial charge in [-0.2, -0.15) is 8.78 Å². The molecule has 0 aliphatic heterocycles. The largest absolute Gasteiger partial charge is 0.433 e. The minimum absolute atomic E-state index is 0.202. The number of anilines is 1. The molecule has 0 aromatic heterocycles. The van der Waals surface area contributed by atoms with Crippen molar-refractivity contribution in [2.45, 2.75) is 25.4 Å². The molecule has 2 aromatic carbocycles. The molecule has 0 atom stereocenters. The minimum Gasteiger partial charge on any atom is -0.433 e. The van der Waals surface area contributed by atoms with Crippen LogP contribution in [0.3, 0.4) is 0 Å². The predicted molar refractivity (Wildman–Crippen MR) is 86.5 cm³/mol. The number of nitrogens with zero attached hydrogens (tertiary/aromatic N) is 1. The Labute approximate surface area is 142 Å². The first kappa shape index (κ1) is 18.6. The smallest absolute Gasteiger partial charge is 0.387 e. The number of nitro groups is 1. The molecule has 0 saturated carbocycles. The van der Waals surface area contributed by atoms with Gasteiger partial charge in [0.25, 0.3) is 15.7 Å². The topological polar surface area (TPSA) is 98.5 Å². The second-order valence-electron chi connectivity index (χ2n) is 5.12. The quantitative estimate of drug-likeness (QED) is 0.617. The highest BCUT2D eigenvalue weighted by Gasteiger charge is 2.24. The summed E-state index contributed by atoms with van der Waals surface area (Å²) in [6.07, 6.45) is 0. The summed E-state index contributed by atoms with van der Waals surface area (Å²) < 4.78 is 56.5. The van der Waals surface area contributed by atoms with Crippen LogP contribution in [0, 0.1) is 24.0 Å². The van der Waals surface area contributed by atoms with E-state index in [-0.39, 0.29) is 22.0 Å². The highest BCUT2D eigenvalue weighted by Crippen LogP contribution is 2.31. The second-order valence-corrected chi connectivity index (χ2v) is 6.77. The van der Waals surface area contributed by atoms with E-state index in [2.05, 4.69) is 9.46 Å². The summed E-state index contributed by atoms with van der Waals surface area (Å²) in [7, 11) is -4.26. The minimum atomic E-state index is -4.26. The van der Waals surface area contributed by atoms with Crippen molar-refractivity contribution in [2.24, 2.45) is 0 Å². The van der Waals surface area contributed by atoms with Crippen molar-refractivity contribution in [1.82, 2.24) is 0 Å². The number of rotatable bonds is 6. The van der Waals surface area contributed by atoms with Gasteiger partial charge in [-0.25, -0.2) is 8.42 Å². The van der Waals surface area contributed by atoms with Gasteiger partial charge in [0.2, 0.25) is 0 Å². The maximum atomic E-state index is 12.6. The van der Waals surface area contributed by atoms with Crippen molar-refractivity contribution in [3.8, 4) is 5.75 Å². The molecular weight excluding hydrogens is 358 g/mol. The van der Waals surface area contributed by atoms with Gasteiger partial charge in [0.05, 0.1) is 15.5 Å². The lowest BCUT2D eigenvalue weighted by Crippen LogP contribution is -2.16. The molecule has 0 aliphatic carbocycles. The number of sulfonamides is 1. The van der Waals surface area contributed by atoms with Gasteiger partial charge in [-0.3, -0.25) is 14.8 Å². The Morgan fingerprint density at radius 2 is 1.84 bits per heavy atom. The number of halogens is 2. The van der Waals surface area contributed by atoms with Gasteiger partial charge >= 0.3 is 6.61 Å². The van der Waals surface area contributed by atoms with Crippen LogP contribution in [0.15, 0.2) is 41.3 Å². The van der Waals surface area contributed by atoms with Gasteiger partial charge in [-0.15, -0.1) is 0 Å². The Morgan fingerprint density at radius 3 is 2.44 bits per heavy atom. The SMILES string of the molecule is Cc1cc([N+](=O)[O-])cc(S(=O)(=O)Nc2ccccc2OC(F)F)c1C. The van der Waals surface area contributed by atoms with Gasteiger partial charge in [0, 0.05) is 12.1 Å². The molecule has 0 radical (unpaired) electrons. The molecule has 7 nitrogen and oxygen atoms in total. The zero-order chi connectivity index (χ0) is 18.8. The summed E-state index contributed by atoms with van der Waals surface area (Å²) in [6.45, 7) is -0.0999. The highest BCUT2D eigenvalue weighted by molar-refractivity contribution is 7.92. The summed E-state index contributed by atoms with van der Waals surface area (Å²) in [6, 6.07) is 7.42. The number of para-hydroxylation sites is 2. The van der Waals surface area contributed by atoms with E-state index in [0.29, 0.717) is 11.1 Å². The fourth-order valence-corrected chi connectivity index (χ4v) is 3.55. The summed E-state index contributed by atoms with van der Waals surface area (Å²) in [4.78, 5) is 9.94. The molecule has 25 heavy (non-hydrogen) atoms. The summed E-state index contributed by atoms with van der Waals surface area (Å²) in [5.41, 5.74) is 0.129. The van der Waals surface area contributed by atoms with Crippen LogP contribution in [0.25, 0.3) is 0 Å². The van der Waals surface area contributed by atoms with E-state index in [0.717, 1.165) is 6.07 Å². The fraction of sp³-hybridized carbons (Fsp3) is 0.200. The van der Waals surface area contributed by atoms with Gasteiger partial charge in [0.15, 0.2) is 0 Å². The molecule has 134 valence electrons.